The predicted octanol–water partition coefficient (Wildman–Crippen LogP) is 4.01. The van der Waals surface area contributed by atoms with Crippen LogP contribution in [0.2, 0.25) is 0 Å². The Kier molecular flexibility index (Phi) is 3.50. The lowest BCUT2D eigenvalue weighted by Gasteiger charge is -2.08. The number of nitrogens with one attached hydrogen (secondary N) is 1. The normalized spacial score (nSPS) is 10.7. The van der Waals surface area contributed by atoms with E-state index in [2.05, 4.69) is 30.0 Å². The molecule has 0 radical (unpaired) electrons. The van der Waals surface area contributed by atoms with Gasteiger partial charge in [-0.1, -0.05) is 22.0 Å². The van der Waals surface area contributed by atoms with Crippen molar-refractivity contribution >= 4 is 50.3 Å². The molecule has 0 saturated heterocycles. The van der Waals surface area contributed by atoms with E-state index >= 15 is 0 Å². The van der Waals surface area contributed by atoms with Crippen LogP contribution >= 0.6 is 27.7 Å². The highest BCUT2D eigenvalue weighted by molar-refractivity contribution is 9.10. The third-order valence-corrected chi connectivity index (χ3v) is 4.05. The predicted molar refractivity (Wildman–Crippen MR) is 84.2 cm³/mol. The van der Waals surface area contributed by atoms with Crippen molar-refractivity contribution in [2.24, 2.45) is 0 Å². The number of aromatic nitrogens is 2. The zero-order chi connectivity index (χ0) is 14.1. The summed E-state index contributed by atoms with van der Waals surface area (Å²) in [6.07, 6.45) is 0. The molecule has 0 aliphatic rings. The zero-order valence-electron chi connectivity index (χ0n) is 10.6. The largest absolute Gasteiger partial charge is 0.320 e. The molecule has 100 valence electrons. The smallest absolute Gasteiger partial charge is 0.255 e. The lowest BCUT2D eigenvalue weighted by molar-refractivity contribution is 0.102. The topological polar surface area (TPSA) is 54.9 Å². The van der Waals surface area contributed by atoms with E-state index in [1.807, 2.05) is 31.2 Å². The van der Waals surface area contributed by atoms with Crippen molar-refractivity contribution in [3.8, 4) is 0 Å². The van der Waals surface area contributed by atoms with Gasteiger partial charge in [-0.2, -0.15) is 8.75 Å². The SMILES string of the molecule is Cc1ccc2nsnc2c1NC(=O)c1ccc(Br)cc1. The lowest BCUT2D eigenvalue weighted by Crippen LogP contribution is -2.13. The minimum atomic E-state index is -0.152. The van der Waals surface area contributed by atoms with Gasteiger partial charge in [0.25, 0.3) is 5.91 Å². The highest BCUT2D eigenvalue weighted by Gasteiger charge is 2.12. The summed E-state index contributed by atoms with van der Waals surface area (Å²) >= 11 is 4.49. The van der Waals surface area contributed by atoms with Gasteiger partial charge >= 0.3 is 0 Å². The van der Waals surface area contributed by atoms with E-state index in [1.54, 1.807) is 12.1 Å². The Morgan fingerprint density at radius 3 is 2.65 bits per heavy atom. The number of aryl methyl sites for hydroxylation is 1. The van der Waals surface area contributed by atoms with Gasteiger partial charge in [0.1, 0.15) is 11.0 Å². The Bertz CT molecular complexity index is 783. The molecular weight excluding hydrogens is 338 g/mol. The summed E-state index contributed by atoms with van der Waals surface area (Å²) in [5, 5.41) is 2.92. The minimum absolute atomic E-state index is 0.152. The number of amides is 1. The molecule has 0 atom stereocenters. The summed E-state index contributed by atoms with van der Waals surface area (Å²) in [6, 6.07) is 11.1. The number of hydrogen-bond donors (Lipinski definition) is 1. The van der Waals surface area contributed by atoms with Crippen LogP contribution in [0.4, 0.5) is 5.69 Å². The number of nitrogens with zero attached hydrogens (tertiary/aromatic N) is 2. The second kappa shape index (κ2) is 5.30. The average Bonchev–Trinajstić information content (AvgIpc) is 2.91. The van der Waals surface area contributed by atoms with E-state index in [4.69, 9.17) is 0 Å². The van der Waals surface area contributed by atoms with Gasteiger partial charge in [0.2, 0.25) is 0 Å². The third kappa shape index (κ3) is 2.44. The van der Waals surface area contributed by atoms with Crippen LogP contribution in [-0.4, -0.2) is 14.7 Å². The first-order valence-electron chi connectivity index (χ1n) is 5.94. The fourth-order valence-corrected chi connectivity index (χ4v) is 2.70. The van der Waals surface area contributed by atoms with Crippen LogP contribution in [-0.2, 0) is 0 Å². The number of rotatable bonds is 2. The number of hydrogen-bond acceptors (Lipinski definition) is 4. The summed E-state index contributed by atoms with van der Waals surface area (Å²) in [5.41, 5.74) is 3.83. The maximum atomic E-state index is 12.3. The average molecular weight is 348 g/mol. The molecule has 1 aromatic heterocycles. The molecule has 0 spiro atoms. The molecule has 20 heavy (non-hydrogen) atoms. The molecule has 0 saturated carbocycles. The molecule has 6 heteroatoms. The van der Waals surface area contributed by atoms with E-state index in [0.29, 0.717) is 5.56 Å². The quantitative estimate of drug-likeness (QED) is 0.761. The van der Waals surface area contributed by atoms with Gasteiger partial charge in [-0.05, 0) is 42.8 Å². The first-order chi connectivity index (χ1) is 9.65. The second-order valence-electron chi connectivity index (χ2n) is 4.35. The van der Waals surface area contributed by atoms with Crippen molar-refractivity contribution < 1.29 is 4.79 Å². The Balaban J connectivity index is 1.96. The molecule has 0 bridgehead atoms. The monoisotopic (exact) mass is 347 g/mol. The molecule has 0 aliphatic carbocycles. The van der Waals surface area contributed by atoms with Crippen LogP contribution < -0.4 is 5.32 Å². The fourth-order valence-electron chi connectivity index (χ4n) is 1.90. The molecule has 4 nitrogen and oxygen atoms in total. The maximum Gasteiger partial charge on any atom is 0.255 e. The molecule has 2 aromatic carbocycles. The number of carbonyl (C=O) groups is 1. The summed E-state index contributed by atoms with van der Waals surface area (Å²) in [7, 11) is 0. The molecule has 0 fully saturated rings. The minimum Gasteiger partial charge on any atom is -0.320 e. The Morgan fingerprint density at radius 2 is 1.90 bits per heavy atom. The van der Waals surface area contributed by atoms with E-state index in [1.165, 1.54) is 0 Å². The Labute approximate surface area is 128 Å². The van der Waals surface area contributed by atoms with Gasteiger partial charge in [-0.25, -0.2) is 0 Å². The Hall–Kier alpha value is -1.79. The standard InChI is InChI=1S/C14H10BrN3OS/c1-8-2-7-11-13(18-20-17-11)12(8)16-14(19)9-3-5-10(15)6-4-9/h2-7H,1H3,(H,16,19). The number of benzene rings is 2. The van der Waals surface area contributed by atoms with Crippen LogP contribution in [0.3, 0.4) is 0 Å². The van der Waals surface area contributed by atoms with Gasteiger partial charge in [0.15, 0.2) is 0 Å². The molecule has 0 aliphatic heterocycles. The van der Waals surface area contributed by atoms with Crippen LogP contribution in [0.25, 0.3) is 11.0 Å². The van der Waals surface area contributed by atoms with E-state index in [-0.39, 0.29) is 5.91 Å². The summed E-state index contributed by atoms with van der Waals surface area (Å²) in [6.45, 7) is 1.94. The summed E-state index contributed by atoms with van der Waals surface area (Å²) < 4.78 is 9.37. The third-order valence-electron chi connectivity index (χ3n) is 2.98. The first-order valence-corrected chi connectivity index (χ1v) is 7.46. The maximum absolute atomic E-state index is 12.3. The van der Waals surface area contributed by atoms with Crippen LogP contribution in [0.15, 0.2) is 40.9 Å². The molecule has 1 N–H and O–H groups in total. The van der Waals surface area contributed by atoms with Crippen molar-refractivity contribution in [1.82, 2.24) is 8.75 Å². The number of fused-ring (bicyclic) bond motifs is 1. The van der Waals surface area contributed by atoms with Gasteiger partial charge in [-0.3, -0.25) is 4.79 Å². The van der Waals surface area contributed by atoms with Crippen molar-refractivity contribution in [2.45, 2.75) is 6.92 Å². The van der Waals surface area contributed by atoms with Crippen molar-refractivity contribution in [3.63, 3.8) is 0 Å². The lowest BCUT2D eigenvalue weighted by atomic mass is 10.1. The number of anilines is 1. The highest BCUT2D eigenvalue weighted by atomic mass is 79.9. The van der Waals surface area contributed by atoms with Crippen molar-refractivity contribution in [1.29, 1.82) is 0 Å². The Morgan fingerprint density at radius 1 is 1.15 bits per heavy atom. The van der Waals surface area contributed by atoms with E-state index in [0.717, 1.165) is 38.5 Å². The van der Waals surface area contributed by atoms with E-state index < -0.39 is 0 Å². The molecule has 0 unspecified atom stereocenters. The first kappa shape index (κ1) is 13.2. The van der Waals surface area contributed by atoms with Crippen molar-refractivity contribution in [2.75, 3.05) is 5.32 Å². The fraction of sp³-hybridized carbons (Fsp3) is 0.0714. The van der Waals surface area contributed by atoms with Gasteiger partial charge < -0.3 is 5.32 Å². The molecule has 1 amide bonds. The van der Waals surface area contributed by atoms with Gasteiger partial charge in [-0.15, -0.1) is 0 Å². The molecule has 3 aromatic rings. The zero-order valence-corrected chi connectivity index (χ0v) is 13.0. The number of carbonyl (C=O) groups excluding carboxylic acids is 1. The van der Waals surface area contributed by atoms with E-state index in [9.17, 15) is 4.79 Å². The van der Waals surface area contributed by atoms with Crippen LogP contribution in [0, 0.1) is 6.92 Å². The molecule has 1 heterocycles. The van der Waals surface area contributed by atoms with Gasteiger partial charge in [0.05, 0.1) is 17.4 Å². The summed E-state index contributed by atoms with van der Waals surface area (Å²) in [4.78, 5) is 12.3. The van der Waals surface area contributed by atoms with Crippen LogP contribution in [0.1, 0.15) is 15.9 Å². The number of halogens is 1. The highest BCUT2D eigenvalue weighted by Crippen LogP contribution is 2.26. The van der Waals surface area contributed by atoms with Crippen molar-refractivity contribution in [3.05, 3.63) is 52.0 Å². The molecular formula is C14H10BrN3OS. The van der Waals surface area contributed by atoms with Crippen LogP contribution in [0.5, 0.6) is 0 Å². The van der Waals surface area contributed by atoms with Gasteiger partial charge in [0, 0.05) is 10.0 Å². The second-order valence-corrected chi connectivity index (χ2v) is 5.79. The molecule has 3 rings (SSSR count). The summed E-state index contributed by atoms with van der Waals surface area (Å²) in [5.74, 6) is -0.152.